The third-order valence-corrected chi connectivity index (χ3v) is 6.44. The van der Waals surface area contributed by atoms with Crippen molar-refractivity contribution in [3.8, 4) is 0 Å². The Labute approximate surface area is 120 Å². The fraction of sp³-hybridized carbons (Fsp3) is 0.455. The minimum absolute atomic E-state index is 0.0821. The Morgan fingerprint density at radius 1 is 1.44 bits per heavy atom. The number of halogens is 3. The van der Waals surface area contributed by atoms with E-state index >= 15 is 0 Å². The molecule has 3 nitrogen and oxygen atoms in total. The highest BCUT2D eigenvalue weighted by atomic mass is 79.9. The molecule has 0 bridgehead atoms. The molecule has 1 aromatic rings. The van der Waals surface area contributed by atoms with Crippen molar-refractivity contribution in [3.63, 3.8) is 0 Å². The van der Waals surface area contributed by atoms with Crippen molar-refractivity contribution in [2.24, 2.45) is 5.73 Å². The Morgan fingerprint density at radius 3 is 2.39 bits per heavy atom. The SMILES string of the molecule is CC(C)(C(N)c1cc(Cl)c(Br)cc1F)S(C)(=O)=O. The van der Waals surface area contributed by atoms with Gasteiger partial charge in [-0.15, -0.1) is 0 Å². The maximum atomic E-state index is 13.8. The van der Waals surface area contributed by atoms with E-state index < -0.39 is 26.4 Å². The van der Waals surface area contributed by atoms with Crippen LogP contribution in [0.1, 0.15) is 25.5 Å². The van der Waals surface area contributed by atoms with E-state index in [2.05, 4.69) is 15.9 Å². The average molecular weight is 359 g/mol. The predicted octanol–water partition coefficient (Wildman–Crippen LogP) is 3.06. The van der Waals surface area contributed by atoms with Crippen LogP contribution in [-0.4, -0.2) is 19.4 Å². The smallest absolute Gasteiger partial charge is 0.154 e. The average Bonchev–Trinajstić information content (AvgIpc) is 2.20. The summed E-state index contributed by atoms with van der Waals surface area (Å²) in [5.74, 6) is -0.587. The van der Waals surface area contributed by atoms with Gasteiger partial charge in [0.15, 0.2) is 9.84 Å². The Bertz CT molecular complexity index is 575. The molecule has 0 aromatic heterocycles. The molecule has 2 N–H and O–H groups in total. The van der Waals surface area contributed by atoms with E-state index in [4.69, 9.17) is 17.3 Å². The summed E-state index contributed by atoms with van der Waals surface area (Å²) in [6.45, 7) is 2.92. The minimum Gasteiger partial charge on any atom is -0.323 e. The molecule has 7 heteroatoms. The summed E-state index contributed by atoms with van der Waals surface area (Å²) < 4.78 is 36.3. The lowest BCUT2D eigenvalue weighted by molar-refractivity contribution is 0.479. The molecule has 1 aromatic carbocycles. The Kier molecular flexibility index (Phi) is 4.48. The van der Waals surface area contributed by atoms with Crippen molar-refractivity contribution in [1.82, 2.24) is 0 Å². The lowest BCUT2D eigenvalue weighted by Gasteiger charge is -2.30. The van der Waals surface area contributed by atoms with Crippen LogP contribution in [0.4, 0.5) is 4.39 Å². The van der Waals surface area contributed by atoms with Gasteiger partial charge in [0.05, 0.1) is 15.8 Å². The summed E-state index contributed by atoms with van der Waals surface area (Å²) in [4.78, 5) is 0. The van der Waals surface area contributed by atoms with Gasteiger partial charge in [-0.3, -0.25) is 0 Å². The first kappa shape index (κ1) is 15.9. The van der Waals surface area contributed by atoms with E-state index in [0.29, 0.717) is 4.47 Å². The van der Waals surface area contributed by atoms with Crippen LogP contribution in [0.25, 0.3) is 0 Å². The Morgan fingerprint density at radius 2 is 1.94 bits per heavy atom. The molecular formula is C11H14BrClFNO2S. The topological polar surface area (TPSA) is 60.2 Å². The quantitative estimate of drug-likeness (QED) is 0.845. The highest BCUT2D eigenvalue weighted by Gasteiger charge is 2.39. The molecule has 1 atom stereocenters. The van der Waals surface area contributed by atoms with Crippen molar-refractivity contribution in [2.75, 3.05) is 6.26 Å². The number of hydrogen-bond donors (Lipinski definition) is 1. The van der Waals surface area contributed by atoms with E-state index in [9.17, 15) is 12.8 Å². The Balaban J connectivity index is 3.36. The number of benzene rings is 1. The molecule has 0 spiro atoms. The summed E-state index contributed by atoms with van der Waals surface area (Å²) in [5, 5.41) is 0.283. The zero-order valence-electron chi connectivity index (χ0n) is 10.2. The molecule has 1 rings (SSSR count). The molecule has 0 saturated carbocycles. The number of hydrogen-bond acceptors (Lipinski definition) is 3. The first-order valence-corrected chi connectivity index (χ1v) is 8.14. The highest BCUT2D eigenvalue weighted by molar-refractivity contribution is 9.10. The van der Waals surface area contributed by atoms with Gasteiger partial charge in [0.2, 0.25) is 0 Å². The zero-order valence-corrected chi connectivity index (χ0v) is 13.3. The van der Waals surface area contributed by atoms with Crippen LogP contribution in [0.5, 0.6) is 0 Å². The van der Waals surface area contributed by atoms with Crippen LogP contribution in [0.2, 0.25) is 5.02 Å². The summed E-state index contributed by atoms with van der Waals surface area (Å²) in [6.07, 6.45) is 1.07. The maximum absolute atomic E-state index is 13.8. The van der Waals surface area contributed by atoms with Crippen molar-refractivity contribution in [3.05, 3.63) is 33.0 Å². The molecule has 18 heavy (non-hydrogen) atoms. The van der Waals surface area contributed by atoms with Gasteiger partial charge in [0.25, 0.3) is 0 Å². The standard InChI is InChI=1S/C11H14BrClFNO2S/c1-11(2,18(3,16)17)10(15)6-4-8(13)7(12)5-9(6)14/h4-5,10H,15H2,1-3H3. The van der Waals surface area contributed by atoms with Gasteiger partial charge in [0, 0.05) is 16.3 Å². The molecule has 0 aliphatic rings. The molecular weight excluding hydrogens is 345 g/mol. The molecule has 102 valence electrons. The first-order chi connectivity index (χ1) is 7.98. The molecule has 0 fully saturated rings. The van der Waals surface area contributed by atoms with Crippen LogP contribution in [0.3, 0.4) is 0 Å². The monoisotopic (exact) mass is 357 g/mol. The van der Waals surface area contributed by atoms with Crippen molar-refractivity contribution >= 4 is 37.4 Å². The van der Waals surface area contributed by atoms with Crippen LogP contribution in [0, 0.1) is 5.82 Å². The summed E-state index contributed by atoms with van der Waals surface area (Å²) in [6, 6.07) is 1.52. The summed E-state index contributed by atoms with van der Waals surface area (Å²) in [7, 11) is -3.44. The van der Waals surface area contributed by atoms with Crippen molar-refractivity contribution in [1.29, 1.82) is 0 Å². The fourth-order valence-electron chi connectivity index (χ4n) is 1.38. The van der Waals surface area contributed by atoms with Crippen molar-refractivity contribution < 1.29 is 12.8 Å². The maximum Gasteiger partial charge on any atom is 0.154 e. The summed E-state index contributed by atoms with van der Waals surface area (Å²) in [5.41, 5.74) is 5.97. The van der Waals surface area contributed by atoms with Crippen LogP contribution >= 0.6 is 27.5 Å². The van der Waals surface area contributed by atoms with Gasteiger partial charge in [-0.1, -0.05) is 11.6 Å². The second-order valence-corrected chi connectivity index (χ2v) is 8.50. The van der Waals surface area contributed by atoms with Crippen LogP contribution in [0.15, 0.2) is 16.6 Å². The van der Waals surface area contributed by atoms with E-state index in [1.54, 1.807) is 0 Å². The van der Waals surface area contributed by atoms with Gasteiger partial charge in [0.1, 0.15) is 5.82 Å². The molecule has 0 heterocycles. The summed E-state index contributed by atoms with van der Waals surface area (Å²) >= 11 is 8.96. The molecule has 0 aliphatic carbocycles. The first-order valence-electron chi connectivity index (χ1n) is 5.08. The lowest BCUT2D eigenvalue weighted by Crippen LogP contribution is -2.42. The second-order valence-electron chi connectivity index (χ2n) is 4.64. The minimum atomic E-state index is -3.44. The molecule has 0 amide bonds. The third-order valence-electron chi connectivity index (χ3n) is 3.08. The van der Waals surface area contributed by atoms with E-state index in [1.165, 1.54) is 26.0 Å². The normalized spacial score (nSPS) is 14.6. The number of rotatable bonds is 3. The molecule has 0 saturated heterocycles. The largest absolute Gasteiger partial charge is 0.323 e. The molecule has 0 aliphatic heterocycles. The van der Waals surface area contributed by atoms with Crippen molar-refractivity contribution in [2.45, 2.75) is 24.6 Å². The van der Waals surface area contributed by atoms with Crippen LogP contribution < -0.4 is 5.73 Å². The van der Waals surface area contributed by atoms with E-state index in [1.807, 2.05) is 0 Å². The van der Waals surface area contributed by atoms with Gasteiger partial charge in [-0.05, 0) is 41.9 Å². The number of sulfone groups is 1. The third kappa shape index (κ3) is 2.87. The highest BCUT2D eigenvalue weighted by Crippen LogP contribution is 2.35. The number of nitrogens with two attached hydrogens (primary N) is 1. The lowest BCUT2D eigenvalue weighted by atomic mass is 9.95. The van der Waals surface area contributed by atoms with Gasteiger partial charge >= 0.3 is 0 Å². The van der Waals surface area contributed by atoms with Gasteiger partial charge in [-0.25, -0.2) is 12.8 Å². The van der Waals surface area contributed by atoms with Gasteiger partial charge < -0.3 is 5.73 Å². The zero-order chi connectivity index (χ0) is 14.3. The molecule has 1 unspecified atom stereocenters. The van der Waals surface area contributed by atoms with Crippen LogP contribution in [-0.2, 0) is 9.84 Å². The predicted molar refractivity (Wildman–Crippen MR) is 75.0 cm³/mol. The Hall–Kier alpha value is -0.170. The van der Waals surface area contributed by atoms with E-state index in [-0.39, 0.29) is 10.6 Å². The second kappa shape index (κ2) is 5.07. The van der Waals surface area contributed by atoms with Gasteiger partial charge in [-0.2, -0.15) is 0 Å². The molecule has 0 radical (unpaired) electrons. The fourth-order valence-corrected chi connectivity index (χ4v) is 2.46. The van der Waals surface area contributed by atoms with E-state index in [0.717, 1.165) is 6.26 Å².